The van der Waals surface area contributed by atoms with Crippen LogP contribution in [0.15, 0.2) is 0 Å². The van der Waals surface area contributed by atoms with E-state index in [2.05, 4.69) is 25.4 Å². The first-order chi connectivity index (χ1) is 8.24. The van der Waals surface area contributed by atoms with Crippen LogP contribution in [0.4, 0.5) is 0 Å². The predicted molar refractivity (Wildman–Crippen MR) is 77.8 cm³/mol. The van der Waals surface area contributed by atoms with Crippen molar-refractivity contribution in [3.63, 3.8) is 0 Å². The van der Waals surface area contributed by atoms with Gasteiger partial charge in [0.15, 0.2) is 0 Å². The minimum Gasteiger partial charge on any atom is -0.380 e. The van der Waals surface area contributed by atoms with Gasteiger partial charge in [-0.25, -0.2) is 0 Å². The zero-order valence-corrected chi connectivity index (χ0v) is 12.5. The number of nitrogens with one attached hydrogen (secondary N) is 1. The highest BCUT2D eigenvalue weighted by Crippen LogP contribution is 2.26. The molecule has 17 heavy (non-hydrogen) atoms. The van der Waals surface area contributed by atoms with Crippen LogP contribution in [-0.4, -0.2) is 37.3 Å². The van der Waals surface area contributed by atoms with Crippen molar-refractivity contribution in [2.24, 2.45) is 5.92 Å². The Morgan fingerprint density at radius 1 is 1.24 bits per heavy atom. The molecule has 0 radical (unpaired) electrons. The van der Waals surface area contributed by atoms with Gasteiger partial charge in [0.2, 0.25) is 0 Å². The lowest BCUT2D eigenvalue weighted by Gasteiger charge is -2.31. The van der Waals surface area contributed by atoms with Crippen LogP contribution < -0.4 is 5.32 Å². The maximum absolute atomic E-state index is 5.64. The lowest BCUT2D eigenvalue weighted by atomic mass is 9.95. The zero-order valence-electron chi connectivity index (χ0n) is 11.7. The Bertz CT molecular complexity index is 187. The van der Waals surface area contributed by atoms with E-state index in [1.54, 1.807) is 0 Å². The average Bonchev–Trinajstić information content (AvgIpc) is 2.33. The standard InChI is InChI=1S/C14H29NOS/c1-12(2)8-10-16-11-9-15-13-6-4-5-7-14(13)17-3/h12-15H,4-11H2,1-3H3. The Hall–Kier alpha value is 0.270. The second-order valence-corrected chi connectivity index (χ2v) is 6.49. The Morgan fingerprint density at radius 3 is 2.71 bits per heavy atom. The molecule has 2 atom stereocenters. The van der Waals surface area contributed by atoms with Crippen molar-refractivity contribution in [2.75, 3.05) is 26.0 Å². The van der Waals surface area contributed by atoms with Crippen molar-refractivity contribution in [2.45, 2.75) is 57.2 Å². The van der Waals surface area contributed by atoms with Crippen LogP contribution in [0.3, 0.4) is 0 Å². The summed E-state index contributed by atoms with van der Waals surface area (Å²) < 4.78 is 5.64. The molecule has 3 heteroatoms. The summed E-state index contributed by atoms with van der Waals surface area (Å²) in [6.07, 6.45) is 8.95. The van der Waals surface area contributed by atoms with Crippen LogP contribution in [-0.2, 0) is 4.74 Å². The molecule has 1 saturated carbocycles. The van der Waals surface area contributed by atoms with Gasteiger partial charge in [0.05, 0.1) is 6.61 Å². The Labute approximate surface area is 111 Å². The van der Waals surface area contributed by atoms with Gasteiger partial charge in [-0.3, -0.25) is 0 Å². The van der Waals surface area contributed by atoms with Crippen LogP contribution in [0.25, 0.3) is 0 Å². The molecule has 1 aliphatic rings. The van der Waals surface area contributed by atoms with Gasteiger partial charge in [0.25, 0.3) is 0 Å². The van der Waals surface area contributed by atoms with Gasteiger partial charge in [-0.15, -0.1) is 0 Å². The maximum Gasteiger partial charge on any atom is 0.0591 e. The van der Waals surface area contributed by atoms with E-state index in [1.807, 2.05) is 11.8 Å². The molecule has 0 aromatic rings. The highest BCUT2D eigenvalue weighted by atomic mass is 32.2. The third kappa shape index (κ3) is 6.68. The molecule has 0 saturated heterocycles. The highest BCUT2D eigenvalue weighted by Gasteiger charge is 2.23. The molecular weight excluding hydrogens is 230 g/mol. The number of ether oxygens (including phenoxy) is 1. The molecule has 1 rings (SSSR count). The van der Waals surface area contributed by atoms with Crippen LogP contribution in [0.5, 0.6) is 0 Å². The predicted octanol–water partition coefficient (Wildman–Crippen LogP) is 3.31. The number of hydrogen-bond donors (Lipinski definition) is 1. The Kier molecular flexibility index (Phi) is 8.33. The molecular formula is C14H29NOS. The molecule has 0 heterocycles. The smallest absolute Gasteiger partial charge is 0.0591 e. The van der Waals surface area contributed by atoms with Crippen molar-refractivity contribution >= 4 is 11.8 Å². The second kappa shape index (κ2) is 9.23. The fourth-order valence-electron chi connectivity index (χ4n) is 2.35. The molecule has 102 valence electrons. The lowest BCUT2D eigenvalue weighted by molar-refractivity contribution is 0.122. The first kappa shape index (κ1) is 15.3. The van der Waals surface area contributed by atoms with Crippen LogP contribution in [0, 0.1) is 5.92 Å². The SMILES string of the molecule is CSC1CCCCC1NCCOCCC(C)C. The van der Waals surface area contributed by atoms with Gasteiger partial charge < -0.3 is 10.1 Å². The molecule has 0 aliphatic heterocycles. The first-order valence-corrected chi connectivity index (χ1v) is 8.36. The largest absolute Gasteiger partial charge is 0.380 e. The van der Waals surface area contributed by atoms with Crippen molar-refractivity contribution in [3.8, 4) is 0 Å². The minimum absolute atomic E-state index is 0.715. The van der Waals surface area contributed by atoms with Gasteiger partial charge in [0.1, 0.15) is 0 Å². The summed E-state index contributed by atoms with van der Waals surface area (Å²) in [4.78, 5) is 0. The van der Waals surface area contributed by atoms with Crippen LogP contribution in [0.2, 0.25) is 0 Å². The fraction of sp³-hybridized carbons (Fsp3) is 1.00. The van der Waals surface area contributed by atoms with Gasteiger partial charge in [0, 0.05) is 24.4 Å². The minimum atomic E-state index is 0.715. The van der Waals surface area contributed by atoms with Gasteiger partial charge in [-0.2, -0.15) is 11.8 Å². The van der Waals surface area contributed by atoms with E-state index in [1.165, 1.54) is 32.1 Å². The summed E-state index contributed by atoms with van der Waals surface area (Å²) in [5.74, 6) is 0.752. The van der Waals surface area contributed by atoms with E-state index in [-0.39, 0.29) is 0 Å². The summed E-state index contributed by atoms with van der Waals surface area (Å²) in [6, 6.07) is 0.715. The number of thioether (sulfide) groups is 1. The topological polar surface area (TPSA) is 21.3 Å². The molecule has 0 aromatic carbocycles. The highest BCUT2D eigenvalue weighted by molar-refractivity contribution is 7.99. The molecule has 1 aliphatic carbocycles. The van der Waals surface area contributed by atoms with Crippen molar-refractivity contribution < 1.29 is 4.74 Å². The van der Waals surface area contributed by atoms with Crippen molar-refractivity contribution in [3.05, 3.63) is 0 Å². The Balaban J connectivity index is 2.01. The first-order valence-electron chi connectivity index (χ1n) is 7.08. The normalized spacial score (nSPS) is 25.4. The fourth-order valence-corrected chi connectivity index (χ4v) is 3.31. The van der Waals surface area contributed by atoms with Crippen LogP contribution >= 0.6 is 11.8 Å². The molecule has 0 spiro atoms. The second-order valence-electron chi connectivity index (χ2n) is 5.41. The quantitative estimate of drug-likeness (QED) is 0.676. The van der Waals surface area contributed by atoms with Crippen molar-refractivity contribution in [1.29, 1.82) is 0 Å². The number of rotatable bonds is 8. The van der Waals surface area contributed by atoms with Gasteiger partial charge in [-0.05, 0) is 31.4 Å². The lowest BCUT2D eigenvalue weighted by Crippen LogP contribution is -2.41. The third-order valence-electron chi connectivity index (χ3n) is 3.50. The third-order valence-corrected chi connectivity index (χ3v) is 4.67. The summed E-state index contributed by atoms with van der Waals surface area (Å²) in [5.41, 5.74) is 0. The maximum atomic E-state index is 5.64. The van der Waals surface area contributed by atoms with E-state index in [4.69, 9.17) is 4.74 Å². The summed E-state index contributed by atoms with van der Waals surface area (Å²) in [6.45, 7) is 7.28. The molecule has 1 fully saturated rings. The molecule has 2 unspecified atom stereocenters. The average molecular weight is 259 g/mol. The van der Waals surface area contributed by atoms with E-state index in [0.717, 1.165) is 30.9 Å². The molecule has 0 bridgehead atoms. The summed E-state index contributed by atoms with van der Waals surface area (Å²) >= 11 is 2.02. The van der Waals surface area contributed by atoms with E-state index in [9.17, 15) is 0 Å². The van der Waals surface area contributed by atoms with E-state index < -0.39 is 0 Å². The number of hydrogen-bond acceptors (Lipinski definition) is 3. The molecule has 0 amide bonds. The summed E-state index contributed by atoms with van der Waals surface area (Å²) in [7, 11) is 0. The molecule has 1 N–H and O–H groups in total. The van der Waals surface area contributed by atoms with Gasteiger partial charge in [-0.1, -0.05) is 26.7 Å². The molecule has 0 aromatic heterocycles. The monoisotopic (exact) mass is 259 g/mol. The van der Waals surface area contributed by atoms with Crippen molar-refractivity contribution in [1.82, 2.24) is 5.32 Å². The van der Waals surface area contributed by atoms with E-state index >= 15 is 0 Å². The summed E-state index contributed by atoms with van der Waals surface area (Å²) in [5, 5.41) is 4.48. The zero-order chi connectivity index (χ0) is 12.5. The van der Waals surface area contributed by atoms with Gasteiger partial charge >= 0.3 is 0 Å². The Morgan fingerprint density at radius 2 is 2.00 bits per heavy atom. The van der Waals surface area contributed by atoms with Crippen LogP contribution in [0.1, 0.15) is 46.0 Å². The molecule has 2 nitrogen and oxygen atoms in total. The van der Waals surface area contributed by atoms with E-state index in [0.29, 0.717) is 6.04 Å².